The van der Waals surface area contributed by atoms with Gasteiger partial charge in [-0.3, -0.25) is 4.98 Å². The van der Waals surface area contributed by atoms with E-state index in [9.17, 15) is 0 Å². The van der Waals surface area contributed by atoms with E-state index in [1.807, 2.05) is 18.5 Å². The zero-order valence-corrected chi connectivity index (χ0v) is 17.4. The molecule has 0 saturated heterocycles. The average molecular weight is 380 g/mol. The first-order valence-electron chi connectivity index (χ1n) is 10.4. The highest BCUT2D eigenvalue weighted by atomic mass is 16.3. The molecule has 5 aromatic rings. The van der Waals surface area contributed by atoms with E-state index in [2.05, 4.69) is 76.2 Å². The fourth-order valence-electron chi connectivity index (χ4n) is 4.57. The van der Waals surface area contributed by atoms with Crippen LogP contribution in [0.4, 0.5) is 0 Å². The third kappa shape index (κ3) is 2.66. The summed E-state index contributed by atoms with van der Waals surface area (Å²) in [5.41, 5.74) is 4.91. The van der Waals surface area contributed by atoms with Gasteiger partial charge in [0.2, 0.25) is 0 Å². The molecule has 0 aliphatic carbocycles. The number of fused-ring (bicyclic) bond motifs is 6. The Hall–Kier alpha value is -3.13. The second kappa shape index (κ2) is 6.73. The lowest BCUT2D eigenvalue weighted by atomic mass is 9.86. The van der Waals surface area contributed by atoms with Gasteiger partial charge in [-0.25, -0.2) is 0 Å². The van der Waals surface area contributed by atoms with Crippen molar-refractivity contribution in [1.82, 2.24) is 4.98 Å². The van der Waals surface area contributed by atoms with Gasteiger partial charge in [0.05, 0.1) is 5.52 Å². The smallest absolute Gasteiger partial charge is 0.142 e. The Kier molecular flexibility index (Phi) is 4.16. The van der Waals surface area contributed by atoms with E-state index in [-0.39, 0.29) is 0 Å². The third-order valence-electron chi connectivity index (χ3n) is 5.94. The lowest BCUT2D eigenvalue weighted by molar-refractivity contribution is 0.584. The molecule has 2 aromatic heterocycles. The van der Waals surface area contributed by atoms with E-state index in [0.29, 0.717) is 11.8 Å². The van der Waals surface area contributed by atoms with Crippen LogP contribution in [0.2, 0.25) is 0 Å². The highest BCUT2D eigenvalue weighted by molar-refractivity contribution is 6.27. The molecule has 2 nitrogen and oxygen atoms in total. The van der Waals surface area contributed by atoms with Crippen molar-refractivity contribution in [2.45, 2.75) is 39.5 Å². The molecule has 0 amide bonds. The fourth-order valence-corrected chi connectivity index (χ4v) is 4.57. The Morgan fingerprint density at radius 2 is 1.34 bits per heavy atom. The van der Waals surface area contributed by atoms with Crippen LogP contribution in [0.25, 0.3) is 43.8 Å². The second-order valence-electron chi connectivity index (χ2n) is 8.42. The van der Waals surface area contributed by atoms with Crippen LogP contribution in [0.3, 0.4) is 0 Å². The molecule has 0 radical (unpaired) electrons. The Morgan fingerprint density at radius 1 is 0.690 bits per heavy atom. The molecule has 0 saturated carbocycles. The average Bonchev–Trinajstić information content (AvgIpc) is 3.18. The quantitative estimate of drug-likeness (QED) is 0.296. The molecule has 0 bridgehead atoms. The first-order valence-corrected chi connectivity index (χ1v) is 10.4. The molecule has 5 rings (SSSR count). The molecule has 29 heavy (non-hydrogen) atoms. The number of nitrogens with zero attached hydrogens (tertiary/aromatic N) is 1. The minimum atomic E-state index is 0.411. The number of hydrogen-bond donors (Lipinski definition) is 0. The predicted octanol–water partition coefficient (Wildman–Crippen LogP) is 8.05. The van der Waals surface area contributed by atoms with Crippen LogP contribution in [0.1, 0.15) is 50.7 Å². The van der Waals surface area contributed by atoms with Crippen LogP contribution in [-0.2, 0) is 0 Å². The fraction of sp³-hybridized carbons (Fsp3) is 0.222. The molecule has 144 valence electrons. The number of rotatable bonds is 3. The minimum Gasteiger partial charge on any atom is -0.463 e. The standard InChI is InChI=1S/C27H25NO/c1-16(2)18-11-7-12-19(17(3)4)24(18)27-25-21-10-6-5-9-20(21)22-13-8-14-28-26(22)23(25)15-29-27/h5-17H,1-4H3. The molecule has 0 atom stereocenters. The van der Waals surface area contributed by atoms with Crippen LogP contribution in [0.15, 0.2) is 71.5 Å². The van der Waals surface area contributed by atoms with E-state index in [1.54, 1.807) is 0 Å². The first kappa shape index (κ1) is 17.9. The van der Waals surface area contributed by atoms with Gasteiger partial charge >= 0.3 is 0 Å². The van der Waals surface area contributed by atoms with Gasteiger partial charge in [0.15, 0.2) is 0 Å². The molecule has 3 aromatic carbocycles. The maximum absolute atomic E-state index is 6.36. The van der Waals surface area contributed by atoms with Crippen molar-refractivity contribution in [3.8, 4) is 11.3 Å². The zero-order chi connectivity index (χ0) is 20.1. The summed E-state index contributed by atoms with van der Waals surface area (Å²) in [4.78, 5) is 4.72. The van der Waals surface area contributed by atoms with Gasteiger partial charge in [-0.05, 0) is 39.8 Å². The summed E-state index contributed by atoms with van der Waals surface area (Å²) in [6.07, 6.45) is 3.76. The highest BCUT2D eigenvalue weighted by Crippen LogP contribution is 2.44. The topological polar surface area (TPSA) is 26.0 Å². The van der Waals surface area contributed by atoms with Crippen molar-refractivity contribution in [2.75, 3.05) is 0 Å². The van der Waals surface area contributed by atoms with Gasteiger partial charge in [-0.2, -0.15) is 0 Å². The maximum Gasteiger partial charge on any atom is 0.142 e. The number of benzene rings is 3. The Morgan fingerprint density at radius 3 is 2.03 bits per heavy atom. The molecule has 0 spiro atoms. The Labute approximate surface area is 171 Å². The van der Waals surface area contributed by atoms with Gasteiger partial charge in [0.25, 0.3) is 0 Å². The zero-order valence-electron chi connectivity index (χ0n) is 17.4. The Bertz CT molecular complexity index is 1330. The molecule has 0 fully saturated rings. The molecule has 0 N–H and O–H groups in total. The summed E-state index contributed by atoms with van der Waals surface area (Å²) in [5.74, 6) is 1.79. The predicted molar refractivity (Wildman–Crippen MR) is 123 cm³/mol. The molecule has 0 unspecified atom stereocenters. The number of pyridine rings is 1. The molecule has 0 aliphatic rings. The van der Waals surface area contributed by atoms with Gasteiger partial charge in [-0.15, -0.1) is 0 Å². The van der Waals surface area contributed by atoms with Crippen LogP contribution in [-0.4, -0.2) is 4.98 Å². The van der Waals surface area contributed by atoms with E-state index in [0.717, 1.165) is 16.7 Å². The summed E-state index contributed by atoms with van der Waals surface area (Å²) in [7, 11) is 0. The summed E-state index contributed by atoms with van der Waals surface area (Å²) in [5, 5.41) is 5.87. The van der Waals surface area contributed by atoms with Crippen molar-refractivity contribution < 1.29 is 4.42 Å². The highest BCUT2D eigenvalue weighted by Gasteiger charge is 2.23. The van der Waals surface area contributed by atoms with E-state index in [4.69, 9.17) is 9.40 Å². The number of aromatic nitrogens is 1. The molecule has 0 aliphatic heterocycles. The summed E-state index contributed by atoms with van der Waals surface area (Å²) >= 11 is 0. The van der Waals surface area contributed by atoms with Crippen molar-refractivity contribution in [3.63, 3.8) is 0 Å². The van der Waals surface area contributed by atoms with Gasteiger partial charge in [-0.1, -0.05) is 76.2 Å². The third-order valence-corrected chi connectivity index (χ3v) is 5.94. The minimum absolute atomic E-state index is 0.411. The van der Waals surface area contributed by atoms with E-state index >= 15 is 0 Å². The number of hydrogen-bond acceptors (Lipinski definition) is 2. The van der Waals surface area contributed by atoms with Crippen LogP contribution >= 0.6 is 0 Å². The summed E-state index contributed by atoms with van der Waals surface area (Å²) in [6.45, 7) is 9.01. The van der Waals surface area contributed by atoms with Crippen LogP contribution in [0, 0.1) is 0 Å². The van der Waals surface area contributed by atoms with E-state index in [1.165, 1.54) is 38.2 Å². The van der Waals surface area contributed by atoms with Crippen LogP contribution < -0.4 is 0 Å². The molecular formula is C27H25NO. The van der Waals surface area contributed by atoms with Crippen molar-refractivity contribution in [3.05, 3.63) is 78.2 Å². The molecule has 2 heteroatoms. The lowest BCUT2D eigenvalue weighted by Gasteiger charge is -2.19. The van der Waals surface area contributed by atoms with Crippen molar-refractivity contribution in [1.29, 1.82) is 0 Å². The van der Waals surface area contributed by atoms with Crippen molar-refractivity contribution in [2.24, 2.45) is 0 Å². The molecule has 2 heterocycles. The van der Waals surface area contributed by atoms with Gasteiger partial charge in [0.1, 0.15) is 12.0 Å². The summed E-state index contributed by atoms with van der Waals surface area (Å²) in [6, 6.07) is 19.4. The Balaban J connectivity index is 2.00. The van der Waals surface area contributed by atoms with Gasteiger partial charge in [0, 0.05) is 27.9 Å². The van der Waals surface area contributed by atoms with E-state index < -0.39 is 0 Å². The summed E-state index contributed by atoms with van der Waals surface area (Å²) < 4.78 is 6.36. The number of furan rings is 1. The normalized spacial score (nSPS) is 12.1. The lowest BCUT2D eigenvalue weighted by Crippen LogP contribution is -1.99. The largest absolute Gasteiger partial charge is 0.463 e. The molecular weight excluding hydrogens is 354 g/mol. The van der Waals surface area contributed by atoms with Crippen LogP contribution in [0.5, 0.6) is 0 Å². The SMILES string of the molecule is CC(C)c1cccc(C(C)C)c1-c1occ2c3ncccc3c3ccccc3c12. The second-order valence-corrected chi connectivity index (χ2v) is 8.42. The maximum atomic E-state index is 6.36. The monoisotopic (exact) mass is 379 g/mol. The first-order chi connectivity index (χ1) is 14.1. The van der Waals surface area contributed by atoms with Crippen molar-refractivity contribution >= 4 is 32.4 Å². The van der Waals surface area contributed by atoms with Gasteiger partial charge < -0.3 is 4.42 Å².